The normalized spacial score (nSPS) is 11.0. The number of nitrogens with one attached hydrogen (secondary N) is 1. The van der Waals surface area contributed by atoms with Crippen molar-refractivity contribution in [2.75, 3.05) is 5.73 Å². The summed E-state index contributed by atoms with van der Waals surface area (Å²) >= 11 is 0. The van der Waals surface area contributed by atoms with Gasteiger partial charge in [-0.15, -0.1) is 0 Å². The zero-order valence-electron chi connectivity index (χ0n) is 8.98. The molecule has 0 spiro atoms. The Bertz CT molecular complexity index is 737. The summed E-state index contributed by atoms with van der Waals surface area (Å²) in [5, 5.41) is 0. The van der Waals surface area contributed by atoms with Crippen LogP contribution in [0.25, 0.3) is 22.6 Å². The summed E-state index contributed by atoms with van der Waals surface area (Å²) in [5.74, 6) is -1.24. The lowest BCUT2D eigenvalue weighted by Crippen LogP contribution is -1.91. The number of halogens is 2. The van der Waals surface area contributed by atoms with Gasteiger partial charge in [-0.3, -0.25) is 0 Å². The number of nitrogens with two attached hydrogens (primary N) is 1. The van der Waals surface area contributed by atoms with Crippen molar-refractivity contribution >= 4 is 17.0 Å². The predicted octanol–water partition coefficient (Wildman–Crippen LogP) is 1.88. The molecule has 2 aromatic heterocycles. The van der Waals surface area contributed by atoms with Crippen LogP contribution in [0, 0.1) is 11.6 Å². The van der Waals surface area contributed by atoms with E-state index in [0.29, 0.717) is 22.6 Å². The maximum Gasteiger partial charge on any atom is 0.183 e. The Morgan fingerprint density at radius 1 is 1.11 bits per heavy atom. The Morgan fingerprint density at radius 3 is 2.67 bits per heavy atom. The molecule has 0 saturated heterocycles. The minimum absolute atomic E-state index is 0.251. The number of hydrogen-bond donors (Lipinski definition) is 2. The number of imidazole rings is 1. The Kier molecular flexibility index (Phi) is 2.19. The second-order valence-electron chi connectivity index (χ2n) is 3.67. The third-order valence-corrected chi connectivity index (χ3v) is 2.51. The van der Waals surface area contributed by atoms with Gasteiger partial charge in [-0.05, 0) is 18.2 Å². The Labute approximate surface area is 99.7 Å². The first kappa shape index (κ1) is 10.6. The second-order valence-corrected chi connectivity index (χ2v) is 3.67. The Hall–Kier alpha value is -2.57. The zero-order valence-corrected chi connectivity index (χ0v) is 8.98. The fourth-order valence-electron chi connectivity index (χ4n) is 1.63. The number of hydrogen-bond acceptors (Lipinski definition) is 4. The van der Waals surface area contributed by atoms with Crippen LogP contribution in [-0.4, -0.2) is 19.9 Å². The minimum atomic E-state index is -0.938. The van der Waals surface area contributed by atoms with Crippen LogP contribution >= 0.6 is 0 Å². The predicted molar refractivity (Wildman–Crippen MR) is 61.4 cm³/mol. The average molecular weight is 247 g/mol. The molecule has 0 radical (unpaired) electrons. The number of nitrogen functional groups attached to an aromatic ring is 1. The molecule has 0 aliphatic carbocycles. The van der Waals surface area contributed by atoms with Crippen LogP contribution in [0.2, 0.25) is 0 Å². The number of anilines is 1. The van der Waals surface area contributed by atoms with Crippen LogP contribution in [0.4, 0.5) is 14.6 Å². The third kappa shape index (κ3) is 1.56. The summed E-state index contributed by atoms with van der Waals surface area (Å²) < 4.78 is 26.0. The van der Waals surface area contributed by atoms with E-state index in [0.717, 1.165) is 12.1 Å². The van der Waals surface area contributed by atoms with Gasteiger partial charge in [0.15, 0.2) is 23.1 Å². The number of rotatable bonds is 1. The van der Waals surface area contributed by atoms with Crippen LogP contribution in [-0.2, 0) is 0 Å². The van der Waals surface area contributed by atoms with E-state index in [9.17, 15) is 8.78 Å². The summed E-state index contributed by atoms with van der Waals surface area (Å²) in [4.78, 5) is 14.7. The number of H-pyrrole nitrogens is 1. The van der Waals surface area contributed by atoms with Crippen molar-refractivity contribution in [1.29, 1.82) is 0 Å². The highest BCUT2D eigenvalue weighted by molar-refractivity contribution is 5.84. The average Bonchev–Trinajstić information content (AvgIpc) is 2.78. The van der Waals surface area contributed by atoms with E-state index in [1.54, 1.807) is 0 Å². The third-order valence-electron chi connectivity index (χ3n) is 2.51. The first-order valence-electron chi connectivity index (χ1n) is 5.07. The summed E-state index contributed by atoms with van der Waals surface area (Å²) in [6.07, 6.45) is 1.29. The second kappa shape index (κ2) is 3.73. The van der Waals surface area contributed by atoms with Gasteiger partial charge in [-0.25, -0.2) is 23.7 Å². The SMILES string of the molecule is Nc1ncnc2nc(-c3ccc(F)c(F)c3)[nH]c12. The van der Waals surface area contributed by atoms with Crippen molar-refractivity contribution in [3.8, 4) is 11.4 Å². The largest absolute Gasteiger partial charge is 0.382 e. The van der Waals surface area contributed by atoms with Gasteiger partial charge in [-0.1, -0.05) is 0 Å². The van der Waals surface area contributed by atoms with Crippen molar-refractivity contribution in [3.63, 3.8) is 0 Å². The van der Waals surface area contributed by atoms with Gasteiger partial charge < -0.3 is 10.7 Å². The molecule has 0 unspecified atom stereocenters. The fourth-order valence-corrected chi connectivity index (χ4v) is 1.63. The van der Waals surface area contributed by atoms with E-state index in [1.807, 2.05) is 0 Å². The van der Waals surface area contributed by atoms with Gasteiger partial charge in [0.2, 0.25) is 0 Å². The summed E-state index contributed by atoms with van der Waals surface area (Å²) in [6.45, 7) is 0. The monoisotopic (exact) mass is 247 g/mol. The first-order valence-corrected chi connectivity index (χ1v) is 5.07. The van der Waals surface area contributed by atoms with E-state index >= 15 is 0 Å². The smallest absolute Gasteiger partial charge is 0.183 e. The lowest BCUT2D eigenvalue weighted by Gasteiger charge is -1.97. The summed E-state index contributed by atoms with van der Waals surface area (Å²) in [7, 11) is 0. The number of aromatic amines is 1. The molecule has 1 aromatic carbocycles. The molecule has 7 heteroatoms. The van der Waals surface area contributed by atoms with Gasteiger partial charge in [0.1, 0.15) is 17.7 Å². The first-order chi connectivity index (χ1) is 8.65. The van der Waals surface area contributed by atoms with E-state index in [2.05, 4.69) is 19.9 Å². The molecule has 2 heterocycles. The van der Waals surface area contributed by atoms with Crippen LogP contribution < -0.4 is 5.73 Å². The van der Waals surface area contributed by atoms with Crippen LogP contribution in [0.3, 0.4) is 0 Å². The maximum atomic E-state index is 13.1. The highest BCUT2D eigenvalue weighted by Crippen LogP contribution is 2.22. The summed E-state index contributed by atoms with van der Waals surface area (Å²) in [6, 6.07) is 3.50. The number of fused-ring (bicyclic) bond motifs is 1. The Morgan fingerprint density at radius 2 is 1.94 bits per heavy atom. The van der Waals surface area contributed by atoms with Crippen molar-refractivity contribution in [2.24, 2.45) is 0 Å². The molecule has 3 N–H and O–H groups in total. The Balaban J connectivity index is 2.19. The van der Waals surface area contributed by atoms with Gasteiger partial charge in [0, 0.05) is 5.56 Å². The molecule has 0 aliphatic heterocycles. The van der Waals surface area contributed by atoms with Crippen LogP contribution in [0.15, 0.2) is 24.5 Å². The molecule has 0 atom stereocenters. The van der Waals surface area contributed by atoms with Crippen molar-refractivity contribution in [3.05, 3.63) is 36.2 Å². The van der Waals surface area contributed by atoms with Gasteiger partial charge in [0.05, 0.1) is 0 Å². The lowest BCUT2D eigenvalue weighted by atomic mass is 10.2. The highest BCUT2D eigenvalue weighted by atomic mass is 19.2. The van der Waals surface area contributed by atoms with Crippen LogP contribution in [0.1, 0.15) is 0 Å². The van der Waals surface area contributed by atoms with Crippen LogP contribution in [0.5, 0.6) is 0 Å². The number of benzene rings is 1. The van der Waals surface area contributed by atoms with E-state index in [-0.39, 0.29) is 5.82 Å². The number of nitrogens with zero attached hydrogens (tertiary/aromatic N) is 3. The van der Waals surface area contributed by atoms with Gasteiger partial charge >= 0.3 is 0 Å². The van der Waals surface area contributed by atoms with Gasteiger partial charge in [0.25, 0.3) is 0 Å². The van der Waals surface area contributed by atoms with E-state index in [4.69, 9.17) is 5.73 Å². The molecule has 3 rings (SSSR count). The molecule has 18 heavy (non-hydrogen) atoms. The molecular formula is C11H7F2N5. The molecule has 90 valence electrons. The molecule has 0 amide bonds. The van der Waals surface area contributed by atoms with Crippen molar-refractivity contribution in [1.82, 2.24) is 19.9 Å². The quantitative estimate of drug-likeness (QED) is 0.688. The fraction of sp³-hybridized carbons (Fsp3) is 0. The van der Waals surface area contributed by atoms with Crippen molar-refractivity contribution < 1.29 is 8.78 Å². The molecule has 0 saturated carbocycles. The number of aromatic nitrogens is 4. The summed E-state index contributed by atoms with van der Waals surface area (Å²) in [5.41, 5.74) is 6.90. The standard InChI is InChI=1S/C11H7F2N5/c12-6-2-1-5(3-7(6)13)10-17-8-9(14)15-4-16-11(8)18-10/h1-4H,(H3,14,15,16,17,18). The van der Waals surface area contributed by atoms with E-state index < -0.39 is 11.6 Å². The molecule has 3 aromatic rings. The molecule has 0 fully saturated rings. The molecule has 5 nitrogen and oxygen atoms in total. The van der Waals surface area contributed by atoms with E-state index in [1.165, 1.54) is 12.4 Å². The van der Waals surface area contributed by atoms with Crippen molar-refractivity contribution in [2.45, 2.75) is 0 Å². The minimum Gasteiger partial charge on any atom is -0.382 e. The zero-order chi connectivity index (χ0) is 12.7. The molecule has 0 bridgehead atoms. The van der Waals surface area contributed by atoms with Gasteiger partial charge in [-0.2, -0.15) is 0 Å². The topological polar surface area (TPSA) is 80.5 Å². The maximum absolute atomic E-state index is 13.1. The highest BCUT2D eigenvalue weighted by Gasteiger charge is 2.11. The molecular weight excluding hydrogens is 240 g/mol. The lowest BCUT2D eigenvalue weighted by molar-refractivity contribution is 0.509. The molecule has 0 aliphatic rings.